The summed E-state index contributed by atoms with van der Waals surface area (Å²) in [6, 6.07) is 0. The molecule has 0 aromatic heterocycles. The van der Waals surface area contributed by atoms with Crippen molar-refractivity contribution in [3.63, 3.8) is 0 Å². The van der Waals surface area contributed by atoms with Crippen LogP contribution < -0.4 is 5.32 Å². The molecular weight excluding hydrogens is 170 g/mol. The summed E-state index contributed by atoms with van der Waals surface area (Å²) in [5.74, 6) is 0. The van der Waals surface area contributed by atoms with Gasteiger partial charge in [-0.25, -0.2) is 0 Å². The summed E-state index contributed by atoms with van der Waals surface area (Å²) in [7, 11) is 0. The second-order valence-corrected chi connectivity index (χ2v) is 5.14. The Morgan fingerprint density at radius 2 is 1.92 bits per heavy atom. The SMILES string of the molecule is CCC(Cl)CNCCC(C)(C)C. The van der Waals surface area contributed by atoms with E-state index >= 15 is 0 Å². The zero-order valence-corrected chi connectivity index (χ0v) is 9.54. The molecule has 0 saturated heterocycles. The van der Waals surface area contributed by atoms with Gasteiger partial charge in [0, 0.05) is 11.9 Å². The molecule has 0 saturated carbocycles. The van der Waals surface area contributed by atoms with Gasteiger partial charge in [0.1, 0.15) is 0 Å². The first-order valence-corrected chi connectivity index (χ1v) is 5.24. The highest BCUT2D eigenvalue weighted by atomic mass is 35.5. The minimum atomic E-state index is 0.296. The van der Waals surface area contributed by atoms with Crippen molar-refractivity contribution < 1.29 is 0 Å². The van der Waals surface area contributed by atoms with E-state index in [-0.39, 0.29) is 0 Å². The zero-order chi connectivity index (χ0) is 9.61. The van der Waals surface area contributed by atoms with Gasteiger partial charge < -0.3 is 5.32 Å². The molecule has 0 radical (unpaired) electrons. The molecule has 0 bridgehead atoms. The highest BCUT2D eigenvalue weighted by molar-refractivity contribution is 6.20. The van der Waals surface area contributed by atoms with Crippen molar-refractivity contribution in [2.75, 3.05) is 13.1 Å². The first-order chi connectivity index (χ1) is 5.45. The maximum Gasteiger partial charge on any atom is 0.0458 e. The van der Waals surface area contributed by atoms with Gasteiger partial charge in [0.15, 0.2) is 0 Å². The van der Waals surface area contributed by atoms with E-state index in [1.54, 1.807) is 0 Å². The molecule has 0 fully saturated rings. The lowest BCUT2D eigenvalue weighted by Gasteiger charge is -2.18. The molecule has 0 aliphatic heterocycles. The lowest BCUT2D eigenvalue weighted by molar-refractivity contribution is 0.367. The van der Waals surface area contributed by atoms with Crippen molar-refractivity contribution in [3.8, 4) is 0 Å². The Balaban J connectivity index is 3.22. The fourth-order valence-corrected chi connectivity index (χ4v) is 0.976. The van der Waals surface area contributed by atoms with E-state index in [0.29, 0.717) is 10.8 Å². The van der Waals surface area contributed by atoms with Gasteiger partial charge >= 0.3 is 0 Å². The fourth-order valence-electron chi connectivity index (χ4n) is 0.866. The van der Waals surface area contributed by atoms with Gasteiger partial charge in [-0.2, -0.15) is 0 Å². The summed E-state index contributed by atoms with van der Waals surface area (Å²) in [5.41, 5.74) is 0.432. The van der Waals surface area contributed by atoms with Crippen LogP contribution in [0.15, 0.2) is 0 Å². The number of alkyl halides is 1. The minimum Gasteiger partial charge on any atom is -0.315 e. The Morgan fingerprint density at radius 3 is 2.33 bits per heavy atom. The van der Waals surface area contributed by atoms with Crippen LogP contribution in [0, 0.1) is 5.41 Å². The van der Waals surface area contributed by atoms with Gasteiger partial charge in [-0.05, 0) is 24.8 Å². The van der Waals surface area contributed by atoms with Gasteiger partial charge in [-0.3, -0.25) is 0 Å². The van der Waals surface area contributed by atoms with E-state index in [1.165, 1.54) is 6.42 Å². The van der Waals surface area contributed by atoms with Gasteiger partial charge in [-0.1, -0.05) is 27.7 Å². The number of halogens is 1. The summed E-state index contributed by atoms with van der Waals surface area (Å²) < 4.78 is 0. The molecule has 0 aliphatic rings. The first-order valence-electron chi connectivity index (χ1n) is 4.80. The molecule has 0 aromatic rings. The highest BCUT2D eigenvalue weighted by Gasteiger charge is 2.09. The molecule has 0 amide bonds. The molecule has 0 heterocycles. The smallest absolute Gasteiger partial charge is 0.0458 e. The summed E-state index contributed by atoms with van der Waals surface area (Å²) in [4.78, 5) is 0. The van der Waals surface area contributed by atoms with Crippen molar-refractivity contribution >= 4 is 11.6 Å². The van der Waals surface area contributed by atoms with Crippen molar-refractivity contribution in [3.05, 3.63) is 0 Å². The number of hydrogen-bond acceptors (Lipinski definition) is 1. The molecule has 0 aliphatic carbocycles. The Labute approximate surface area is 81.9 Å². The third-order valence-electron chi connectivity index (χ3n) is 1.86. The molecule has 0 aromatic carbocycles. The van der Waals surface area contributed by atoms with Gasteiger partial charge in [-0.15, -0.1) is 11.6 Å². The normalized spacial score (nSPS) is 14.8. The van der Waals surface area contributed by atoms with Crippen molar-refractivity contribution in [2.24, 2.45) is 5.41 Å². The first kappa shape index (κ1) is 12.2. The van der Waals surface area contributed by atoms with E-state index in [0.717, 1.165) is 19.5 Å². The monoisotopic (exact) mass is 191 g/mol. The standard InChI is InChI=1S/C10H22ClN/c1-5-9(11)8-12-7-6-10(2,3)4/h9,12H,5-8H2,1-4H3. The predicted molar refractivity (Wildman–Crippen MR) is 56.9 cm³/mol. The van der Waals surface area contributed by atoms with Crippen LogP contribution in [0.5, 0.6) is 0 Å². The molecule has 0 rings (SSSR count). The number of nitrogens with one attached hydrogen (secondary N) is 1. The van der Waals surface area contributed by atoms with E-state index in [4.69, 9.17) is 11.6 Å². The molecule has 74 valence electrons. The van der Waals surface area contributed by atoms with Crippen LogP contribution in [0.3, 0.4) is 0 Å². The molecule has 1 atom stereocenters. The van der Waals surface area contributed by atoms with E-state index in [2.05, 4.69) is 33.0 Å². The lowest BCUT2D eigenvalue weighted by Crippen LogP contribution is -2.26. The van der Waals surface area contributed by atoms with Crippen LogP contribution in [0.4, 0.5) is 0 Å². The maximum absolute atomic E-state index is 5.95. The average Bonchev–Trinajstić information content (AvgIpc) is 1.96. The van der Waals surface area contributed by atoms with E-state index in [1.807, 2.05) is 0 Å². The fraction of sp³-hybridized carbons (Fsp3) is 1.00. The molecule has 1 N–H and O–H groups in total. The van der Waals surface area contributed by atoms with Crippen molar-refractivity contribution in [2.45, 2.75) is 45.9 Å². The van der Waals surface area contributed by atoms with Gasteiger partial charge in [0.25, 0.3) is 0 Å². The summed E-state index contributed by atoms with van der Waals surface area (Å²) in [6.45, 7) is 10.9. The Kier molecular flexibility index (Phi) is 5.94. The van der Waals surface area contributed by atoms with Crippen molar-refractivity contribution in [1.29, 1.82) is 0 Å². The van der Waals surface area contributed by atoms with Crippen LogP contribution in [0.25, 0.3) is 0 Å². The Bertz CT molecular complexity index is 107. The summed E-state index contributed by atoms with van der Waals surface area (Å²) in [5, 5.41) is 3.66. The number of rotatable bonds is 5. The van der Waals surface area contributed by atoms with E-state index < -0.39 is 0 Å². The third-order valence-corrected chi connectivity index (χ3v) is 2.32. The van der Waals surface area contributed by atoms with Crippen LogP contribution >= 0.6 is 11.6 Å². The van der Waals surface area contributed by atoms with Gasteiger partial charge in [0.2, 0.25) is 0 Å². The largest absolute Gasteiger partial charge is 0.315 e. The highest BCUT2D eigenvalue weighted by Crippen LogP contribution is 2.16. The van der Waals surface area contributed by atoms with Crippen LogP contribution in [-0.4, -0.2) is 18.5 Å². The molecule has 1 nitrogen and oxygen atoms in total. The Hall–Kier alpha value is 0.250. The summed E-state index contributed by atoms with van der Waals surface area (Å²) >= 11 is 5.95. The molecule has 1 unspecified atom stereocenters. The molecule has 2 heteroatoms. The maximum atomic E-state index is 5.95. The molecular formula is C10H22ClN. The second-order valence-electron chi connectivity index (χ2n) is 4.52. The van der Waals surface area contributed by atoms with E-state index in [9.17, 15) is 0 Å². The molecule has 0 spiro atoms. The second kappa shape index (κ2) is 5.82. The third kappa shape index (κ3) is 8.35. The zero-order valence-electron chi connectivity index (χ0n) is 8.78. The number of hydrogen-bond donors (Lipinski definition) is 1. The van der Waals surface area contributed by atoms with Crippen molar-refractivity contribution in [1.82, 2.24) is 5.32 Å². The minimum absolute atomic E-state index is 0.296. The Morgan fingerprint density at radius 1 is 1.33 bits per heavy atom. The lowest BCUT2D eigenvalue weighted by atomic mass is 9.92. The topological polar surface area (TPSA) is 12.0 Å². The molecule has 12 heavy (non-hydrogen) atoms. The summed E-state index contributed by atoms with van der Waals surface area (Å²) in [6.07, 6.45) is 2.25. The van der Waals surface area contributed by atoms with Crippen LogP contribution in [0.2, 0.25) is 0 Å². The average molecular weight is 192 g/mol. The van der Waals surface area contributed by atoms with Crippen LogP contribution in [-0.2, 0) is 0 Å². The quantitative estimate of drug-likeness (QED) is 0.521. The predicted octanol–water partition coefficient (Wildman–Crippen LogP) is 3.03. The van der Waals surface area contributed by atoms with Gasteiger partial charge in [0.05, 0.1) is 0 Å². The van der Waals surface area contributed by atoms with Crippen LogP contribution in [0.1, 0.15) is 40.5 Å².